The van der Waals surface area contributed by atoms with E-state index in [0.717, 1.165) is 25.8 Å². The Labute approximate surface area is 67.6 Å². The number of likely N-dealkylation sites (N-methyl/N-ethyl adjacent to an activating group) is 1. The standard InChI is InChI=1S/C9H15NO/c1-10-7-4-8(11)9(10)5-2-3-6-9/h2-7H2,1H3. The fourth-order valence-corrected chi connectivity index (χ4v) is 2.55. The highest BCUT2D eigenvalue weighted by atomic mass is 16.1. The molecule has 2 aliphatic rings. The van der Waals surface area contributed by atoms with Crippen molar-refractivity contribution in [3.63, 3.8) is 0 Å². The summed E-state index contributed by atoms with van der Waals surface area (Å²) >= 11 is 0. The van der Waals surface area contributed by atoms with Crippen LogP contribution in [0, 0.1) is 0 Å². The maximum absolute atomic E-state index is 11.6. The zero-order valence-corrected chi connectivity index (χ0v) is 7.10. The molecule has 1 saturated heterocycles. The summed E-state index contributed by atoms with van der Waals surface area (Å²) in [4.78, 5) is 13.8. The van der Waals surface area contributed by atoms with E-state index in [-0.39, 0.29) is 5.54 Å². The minimum absolute atomic E-state index is 0.000000000000000222. The van der Waals surface area contributed by atoms with Crippen LogP contribution >= 0.6 is 0 Å². The van der Waals surface area contributed by atoms with Crippen LogP contribution in [0.5, 0.6) is 0 Å². The van der Waals surface area contributed by atoms with Crippen molar-refractivity contribution in [1.82, 2.24) is 4.90 Å². The average Bonchev–Trinajstić information content (AvgIpc) is 2.56. The van der Waals surface area contributed by atoms with E-state index in [1.807, 2.05) is 0 Å². The lowest BCUT2D eigenvalue weighted by atomic mass is 9.93. The lowest BCUT2D eigenvalue weighted by Crippen LogP contribution is -2.43. The molecule has 0 aromatic rings. The van der Waals surface area contributed by atoms with Crippen LogP contribution in [-0.4, -0.2) is 29.8 Å². The molecule has 0 radical (unpaired) electrons. The molecule has 0 aromatic heterocycles. The smallest absolute Gasteiger partial charge is 0.154 e. The van der Waals surface area contributed by atoms with Crippen LogP contribution in [0.4, 0.5) is 0 Å². The Morgan fingerprint density at radius 3 is 2.45 bits per heavy atom. The van der Waals surface area contributed by atoms with Crippen molar-refractivity contribution in [3.05, 3.63) is 0 Å². The van der Waals surface area contributed by atoms with E-state index in [1.54, 1.807) is 0 Å². The molecule has 1 saturated carbocycles. The SMILES string of the molecule is CN1CCC(=O)C12CCCC2. The van der Waals surface area contributed by atoms with E-state index in [0.29, 0.717) is 5.78 Å². The van der Waals surface area contributed by atoms with E-state index < -0.39 is 0 Å². The molecule has 1 heterocycles. The summed E-state index contributed by atoms with van der Waals surface area (Å²) in [7, 11) is 2.09. The minimum Gasteiger partial charge on any atom is -0.298 e. The van der Waals surface area contributed by atoms with Crippen LogP contribution in [0.3, 0.4) is 0 Å². The highest BCUT2D eigenvalue weighted by Crippen LogP contribution is 2.39. The molecule has 2 nitrogen and oxygen atoms in total. The van der Waals surface area contributed by atoms with Gasteiger partial charge in [-0.25, -0.2) is 0 Å². The molecular formula is C9H15NO. The molecule has 11 heavy (non-hydrogen) atoms. The monoisotopic (exact) mass is 153 g/mol. The normalized spacial score (nSPS) is 30.5. The van der Waals surface area contributed by atoms with Crippen molar-refractivity contribution >= 4 is 5.78 Å². The van der Waals surface area contributed by atoms with Gasteiger partial charge >= 0.3 is 0 Å². The fraction of sp³-hybridized carbons (Fsp3) is 0.889. The zero-order valence-electron chi connectivity index (χ0n) is 7.10. The maximum atomic E-state index is 11.6. The molecule has 1 aliphatic heterocycles. The average molecular weight is 153 g/mol. The van der Waals surface area contributed by atoms with E-state index >= 15 is 0 Å². The van der Waals surface area contributed by atoms with Gasteiger partial charge in [-0.3, -0.25) is 9.69 Å². The van der Waals surface area contributed by atoms with Gasteiger partial charge in [0.15, 0.2) is 5.78 Å². The first-order valence-corrected chi connectivity index (χ1v) is 4.50. The first-order chi connectivity index (χ1) is 5.26. The third kappa shape index (κ3) is 0.853. The quantitative estimate of drug-likeness (QED) is 0.521. The first kappa shape index (κ1) is 7.29. The maximum Gasteiger partial charge on any atom is 0.154 e. The summed E-state index contributed by atoms with van der Waals surface area (Å²) in [6, 6.07) is 0. The lowest BCUT2D eigenvalue weighted by molar-refractivity contribution is -0.124. The van der Waals surface area contributed by atoms with Gasteiger partial charge < -0.3 is 0 Å². The number of hydrogen-bond donors (Lipinski definition) is 0. The summed E-state index contributed by atoms with van der Waals surface area (Å²) in [5, 5.41) is 0. The van der Waals surface area contributed by atoms with Crippen molar-refractivity contribution in [3.8, 4) is 0 Å². The van der Waals surface area contributed by atoms with Crippen LogP contribution in [0.1, 0.15) is 32.1 Å². The molecule has 2 heteroatoms. The highest BCUT2D eigenvalue weighted by Gasteiger charge is 2.47. The molecule has 0 amide bonds. The molecule has 62 valence electrons. The van der Waals surface area contributed by atoms with Gasteiger partial charge in [0.1, 0.15) is 0 Å². The third-order valence-corrected chi connectivity index (χ3v) is 3.35. The number of ketones is 1. The van der Waals surface area contributed by atoms with Crippen molar-refractivity contribution < 1.29 is 4.79 Å². The van der Waals surface area contributed by atoms with E-state index in [4.69, 9.17) is 0 Å². The summed E-state index contributed by atoms with van der Waals surface area (Å²) in [5.41, 5.74) is 0.000000000000000222. The van der Waals surface area contributed by atoms with Gasteiger partial charge in [-0.1, -0.05) is 12.8 Å². The number of hydrogen-bond acceptors (Lipinski definition) is 2. The second kappa shape index (κ2) is 2.31. The van der Waals surface area contributed by atoms with Crippen LogP contribution in [0.15, 0.2) is 0 Å². The summed E-state index contributed by atoms with van der Waals surface area (Å²) in [6.07, 6.45) is 5.51. The van der Waals surface area contributed by atoms with Crippen molar-refractivity contribution in [2.24, 2.45) is 0 Å². The third-order valence-electron chi connectivity index (χ3n) is 3.35. The molecule has 2 rings (SSSR count). The zero-order chi connectivity index (χ0) is 7.90. The molecule has 2 fully saturated rings. The molecule has 1 spiro atoms. The molecule has 0 unspecified atom stereocenters. The van der Waals surface area contributed by atoms with Gasteiger partial charge in [-0.15, -0.1) is 0 Å². The Hall–Kier alpha value is -0.370. The van der Waals surface area contributed by atoms with Gasteiger partial charge in [0.2, 0.25) is 0 Å². The Morgan fingerprint density at radius 2 is 2.00 bits per heavy atom. The Bertz CT molecular complexity index is 182. The second-order valence-electron chi connectivity index (χ2n) is 3.83. The first-order valence-electron chi connectivity index (χ1n) is 4.50. The highest BCUT2D eigenvalue weighted by molar-refractivity contribution is 5.90. The summed E-state index contributed by atoms with van der Waals surface area (Å²) < 4.78 is 0. The van der Waals surface area contributed by atoms with Gasteiger partial charge in [-0.05, 0) is 19.9 Å². The van der Waals surface area contributed by atoms with Crippen molar-refractivity contribution in [2.75, 3.05) is 13.6 Å². The molecule has 0 bridgehead atoms. The van der Waals surface area contributed by atoms with E-state index in [1.165, 1.54) is 12.8 Å². The van der Waals surface area contributed by atoms with E-state index in [9.17, 15) is 4.79 Å². The number of carbonyl (C=O) groups is 1. The number of rotatable bonds is 0. The van der Waals surface area contributed by atoms with Gasteiger partial charge in [0.25, 0.3) is 0 Å². The molecule has 0 aromatic carbocycles. The Kier molecular flexibility index (Phi) is 1.53. The predicted octanol–water partition coefficient (Wildman–Crippen LogP) is 1.20. The van der Waals surface area contributed by atoms with Crippen LogP contribution in [0.2, 0.25) is 0 Å². The molecule has 0 atom stereocenters. The van der Waals surface area contributed by atoms with Gasteiger partial charge in [0, 0.05) is 13.0 Å². The number of likely N-dealkylation sites (tertiary alicyclic amines) is 1. The summed E-state index contributed by atoms with van der Waals surface area (Å²) in [6.45, 7) is 0.985. The summed E-state index contributed by atoms with van der Waals surface area (Å²) in [5.74, 6) is 0.498. The minimum atomic E-state index is 0.000000000000000222. The van der Waals surface area contributed by atoms with Gasteiger partial charge in [-0.2, -0.15) is 0 Å². The van der Waals surface area contributed by atoms with Crippen LogP contribution in [-0.2, 0) is 4.79 Å². The number of nitrogens with zero attached hydrogens (tertiary/aromatic N) is 1. The predicted molar refractivity (Wildman–Crippen MR) is 43.5 cm³/mol. The number of Topliss-reactive ketones (excluding diaryl/α,β-unsaturated/α-hetero) is 1. The van der Waals surface area contributed by atoms with Crippen LogP contribution < -0.4 is 0 Å². The lowest BCUT2D eigenvalue weighted by Gasteiger charge is -2.29. The van der Waals surface area contributed by atoms with E-state index in [2.05, 4.69) is 11.9 Å². The molecular weight excluding hydrogens is 138 g/mol. The fourth-order valence-electron chi connectivity index (χ4n) is 2.55. The number of carbonyl (C=O) groups excluding carboxylic acids is 1. The second-order valence-corrected chi connectivity index (χ2v) is 3.83. The Morgan fingerprint density at radius 1 is 1.36 bits per heavy atom. The van der Waals surface area contributed by atoms with Gasteiger partial charge in [0.05, 0.1) is 5.54 Å². The Balaban J connectivity index is 2.26. The largest absolute Gasteiger partial charge is 0.298 e. The topological polar surface area (TPSA) is 20.3 Å². The van der Waals surface area contributed by atoms with Crippen LogP contribution in [0.25, 0.3) is 0 Å². The molecule has 1 aliphatic carbocycles. The van der Waals surface area contributed by atoms with Crippen molar-refractivity contribution in [1.29, 1.82) is 0 Å². The molecule has 0 N–H and O–H groups in total. The van der Waals surface area contributed by atoms with Crippen molar-refractivity contribution in [2.45, 2.75) is 37.6 Å².